The van der Waals surface area contributed by atoms with Crippen LogP contribution >= 0.6 is 0 Å². The van der Waals surface area contributed by atoms with Crippen LogP contribution in [0.15, 0.2) is 24.9 Å². The summed E-state index contributed by atoms with van der Waals surface area (Å²) in [6.07, 6.45) is 2.15. The number of piperazine rings is 1. The lowest BCUT2D eigenvalue weighted by Crippen LogP contribution is -2.69. The molecule has 10 nitrogen and oxygen atoms in total. The lowest BCUT2D eigenvalue weighted by atomic mass is 9.90. The number of aromatic nitrogens is 3. The van der Waals surface area contributed by atoms with Crippen LogP contribution in [0, 0.1) is 18.3 Å². The Balaban J connectivity index is 1.18. The number of amides is 1. The van der Waals surface area contributed by atoms with Crippen molar-refractivity contribution in [3.8, 4) is 6.07 Å². The first-order chi connectivity index (χ1) is 20.7. The van der Waals surface area contributed by atoms with Crippen LogP contribution in [0.3, 0.4) is 0 Å². The first-order valence-corrected chi connectivity index (χ1v) is 15.2. The van der Waals surface area contributed by atoms with Gasteiger partial charge in [-0.05, 0) is 45.3 Å². The molecule has 6 rings (SSSR count). The second kappa shape index (κ2) is 11.8. The van der Waals surface area contributed by atoms with E-state index < -0.39 is 12.1 Å². The van der Waals surface area contributed by atoms with E-state index >= 15 is 0 Å². The molecule has 2 aromatic heterocycles. The van der Waals surface area contributed by atoms with Crippen molar-refractivity contribution in [2.24, 2.45) is 0 Å². The zero-order valence-electron chi connectivity index (χ0n) is 25.1. The number of pyridine rings is 1. The van der Waals surface area contributed by atoms with Crippen molar-refractivity contribution in [3.05, 3.63) is 47.4 Å². The van der Waals surface area contributed by atoms with Crippen LogP contribution < -0.4 is 9.80 Å². The first kappa shape index (κ1) is 29.5. The number of anilines is 2. The van der Waals surface area contributed by atoms with Gasteiger partial charge in [-0.15, -0.1) is 0 Å². The maximum atomic E-state index is 14.3. The van der Waals surface area contributed by atoms with Crippen molar-refractivity contribution in [2.45, 2.75) is 70.1 Å². The molecule has 0 N–H and O–H groups in total. The zero-order chi connectivity index (χ0) is 30.4. The Labute approximate surface area is 251 Å². The minimum absolute atomic E-state index is 0.0196. The van der Waals surface area contributed by atoms with Crippen LogP contribution in [0.5, 0.6) is 0 Å². The third-order valence-corrected chi connectivity index (χ3v) is 9.86. The highest BCUT2D eigenvalue weighted by atomic mass is 19.3. The summed E-state index contributed by atoms with van der Waals surface area (Å²) in [7, 11) is 0. The molecule has 0 bridgehead atoms. The minimum Gasteiger partial charge on any atom is -0.377 e. The normalized spacial score (nSPS) is 25.4. The highest BCUT2D eigenvalue weighted by molar-refractivity contribution is 5.87. The number of hydrogen-bond donors (Lipinski definition) is 0. The van der Waals surface area contributed by atoms with Gasteiger partial charge in [-0.1, -0.05) is 6.58 Å². The summed E-state index contributed by atoms with van der Waals surface area (Å²) >= 11 is 0. The summed E-state index contributed by atoms with van der Waals surface area (Å²) in [5, 5.41) is 14.6. The van der Waals surface area contributed by atoms with Gasteiger partial charge >= 0.3 is 0 Å². The van der Waals surface area contributed by atoms with E-state index in [1.165, 1.54) is 17.3 Å². The molecule has 0 aliphatic carbocycles. The van der Waals surface area contributed by atoms with E-state index in [0.717, 1.165) is 25.9 Å². The first-order valence-electron chi connectivity index (χ1n) is 15.2. The number of carbonyl (C=O) groups excluding carboxylic acids is 1. The second-order valence-electron chi connectivity index (χ2n) is 12.3. The smallest absolute Gasteiger partial charge is 0.281 e. The number of piperidine rings is 1. The second-order valence-corrected chi connectivity index (χ2v) is 12.3. The van der Waals surface area contributed by atoms with Crippen molar-refractivity contribution in [3.63, 3.8) is 0 Å². The summed E-state index contributed by atoms with van der Waals surface area (Å²) in [6.45, 7) is 15.3. The number of halogens is 2. The van der Waals surface area contributed by atoms with Gasteiger partial charge in [0.15, 0.2) is 0 Å². The quantitative estimate of drug-likeness (QED) is 0.449. The lowest BCUT2D eigenvalue weighted by molar-refractivity contribution is -0.131. The van der Waals surface area contributed by atoms with Gasteiger partial charge in [0.1, 0.15) is 23.1 Å². The summed E-state index contributed by atoms with van der Waals surface area (Å²) in [5.74, 6) is 0.768. The molecule has 12 heteroatoms. The van der Waals surface area contributed by atoms with Crippen LogP contribution in [0.4, 0.5) is 20.3 Å². The van der Waals surface area contributed by atoms with Gasteiger partial charge in [0, 0.05) is 75.1 Å². The molecule has 0 saturated carbocycles. The standard InChI is InChI=1S/C31H40F2N8O2/c1-5-28(42)39-11-10-38(15-20(39)3)26-16-40(21(26)4)25-12-27(36-29(31(32)33)24(25)13-34)37-8-6-22(7-9-37)30-19(2)14-35-41(30)23-17-43-18-23/h5,12,14,20-23,26,31H,1,6-11,15-18H2,2-4H3/t20-,21-,26-/m1/s1. The van der Waals surface area contributed by atoms with Crippen molar-refractivity contribution >= 4 is 17.4 Å². The molecule has 0 radical (unpaired) electrons. The molecule has 0 aromatic carbocycles. The topological polar surface area (TPSA) is 93.8 Å². The molecule has 2 aromatic rings. The number of nitriles is 1. The van der Waals surface area contributed by atoms with Gasteiger partial charge in [-0.3, -0.25) is 14.4 Å². The third kappa shape index (κ3) is 5.27. The minimum atomic E-state index is -2.85. The van der Waals surface area contributed by atoms with Gasteiger partial charge < -0.3 is 19.4 Å². The molecule has 0 spiro atoms. The molecule has 43 heavy (non-hydrogen) atoms. The molecule has 0 unspecified atom stereocenters. The summed E-state index contributed by atoms with van der Waals surface area (Å²) in [4.78, 5) is 24.9. The Morgan fingerprint density at radius 1 is 1.19 bits per heavy atom. The molecular weight excluding hydrogens is 554 g/mol. The lowest BCUT2D eigenvalue weighted by Gasteiger charge is -2.55. The fourth-order valence-electron chi connectivity index (χ4n) is 7.26. The van der Waals surface area contributed by atoms with E-state index in [2.05, 4.69) is 49.9 Å². The molecule has 4 aliphatic rings. The average molecular weight is 595 g/mol. The van der Waals surface area contributed by atoms with Gasteiger partial charge in [-0.25, -0.2) is 13.8 Å². The molecule has 4 fully saturated rings. The fraction of sp³-hybridized carbons (Fsp3) is 0.613. The molecule has 3 atom stereocenters. The number of ether oxygens (including phenoxy) is 1. The Morgan fingerprint density at radius 3 is 2.51 bits per heavy atom. The van der Waals surface area contributed by atoms with Crippen LogP contribution in [-0.4, -0.2) is 101 Å². The number of hydrogen-bond acceptors (Lipinski definition) is 8. The van der Waals surface area contributed by atoms with Crippen LogP contribution in [0.2, 0.25) is 0 Å². The maximum absolute atomic E-state index is 14.3. The molecule has 4 saturated heterocycles. The zero-order valence-corrected chi connectivity index (χ0v) is 25.1. The van der Waals surface area contributed by atoms with E-state index in [0.29, 0.717) is 56.8 Å². The van der Waals surface area contributed by atoms with Gasteiger partial charge in [0.2, 0.25) is 5.91 Å². The SMILES string of the molecule is C=CC(=O)N1CCN([C@@H]2CN(c3cc(N4CCC(c5c(C)cnn5C5COC5)CC4)nc(C(F)F)c3C#N)[C@@H]2C)C[C@H]1C. The number of alkyl halides is 2. The number of aryl methyl sites for hydroxylation is 1. The van der Waals surface area contributed by atoms with E-state index in [1.807, 2.05) is 30.2 Å². The fourth-order valence-corrected chi connectivity index (χ4v) is 7.26. The summed E-state index contributed by atoms with van der Waals surface area (Å²) in [6, 6.07) is 4.43. The van der Waals surface area contributed by atoms with Crippen molar-refractivity contribution < 1.29 is 18.3 Å². The van der Waals surface area contributed by atoms with E-state index in [4.69, 9.17) is 4.74 Å². The van der Waals surface area contributed by atoms with Crippen molar-refractivity contribution in [1.29, 1.82) is 5.26 Å². The predicted octanol–water partition coefficient (Wildman–Crippen LogP) is 3.65. The van der Waals surface area contributed by atoms with Gasteiger partial charge in [-0.2, -0.15) is 10.4 Å². The predicted molar refractivity (Wildman–Crippen MR) is 158 cm³/mol. The molecule has 1 amide bonds. The van der Waals surface area contributed by atoms with Crippen LogP contribution in [0.1, 0.15) is 67.6 Å². The van der Waals surface area contributed by atoms with Gasteiger partial charge in [0.05, 0.1) is 31.1 Å². The Kier molecular flexibility index (Phi) is 8.13. The average Bonchev–Trinajstić information content (AvgIpc) is 3.34. The largest absolute Gasteiger partial charge is 0.377 e. The molecule has 230 valence electrons. The Morgan fingerprint density at radius 2 is 1.93 bits per heavy atom. The highest BCUT2D eigenvalue weighted by Gasteiger charge is 2.43. The van der Waals surface area contributed by atoms with E-state index in [1.54, 1.807) is 0 Å². The number of rotatable bonds is 7. The van der Waals surface area contributed by atoms with Crippen molar-refractivity contribution in [1.82, 2.24) is 24.6 Å². The molecular formula is C31H40F2N8O2. The third-order valence-electron chi connectivity index (χ3n) is 9.86. The number of nitrogens with zero attached hydrogens (tertiary/aromatic N) is 8. The summed E-state index contributed by atoms with van der Waals surface area (Å²) < 4.78 is 36.1. The van der Waals surface area contributed by atoms with E-state index in [9.17, 15) is 18.8 Å². The maximum Gasteiger partial charge on any atom is 0.281 e. The van der Waals surface area contributed by atoms with Crippen molar-refractivity contribution in [2.75, 3.05) is 62.3 Å². The Bertz CT molecular complexity index is 1410. The monoisotopic (exact) mass is 594 g/mol. The van der Waals surface area contributed by atoms with Gasteiger partial charge in [0.25, 0.3) is 6.43 Å². The van der Waals surface area contributed by atoms with Crippen LogP contribution in [0.25, 0.3) is 0 Å². The molecule has 6 heterocycles. The Hall–Kier alpha value is -3.56. The van der Waals surface area contributed by atoms with Crippen LogP contribution in [-0.2, 0) is 9.53 Å². The van der Waals surface area contributed by atoms with E-state index in [-0.39, 0.29) is 35.6 Å². The summed E-state index contributed by atoms with van der Waals surface area (Å²) in [5.41, 5.74) is 2.46. The number of carbonyl (C=O) groups is 1. The highest BCUT2D eigenvalue weighted by Crippen LogP contribution is 2.40. The molecule has 4 aliphatic heterocycles.